The molecule has 15 nitrogen and oxygen atoms in total. The highest BCUT2D eigenvalue weighted by atomic mass is 32.2. The fraction of sp³-hybridized carbons (Fsp3) is 0.419. The molecule has 0 aromatic heterocycles. The number of halogens is 2. The minimum Gasteiger partial charge on any atom is -0.394 e. The summed E-state index contributed by atoms with van der Waals surface area (Å²) in [6.45, 7) is -1.58. The summed E-state index contributed by atoms with van der Waals surface area (Å²) in [4.78, 5) is 15.0. The molecule has 13 atom stereocenters. The van der Waals surface area contributed by atoms with E-state index < -0.39 is 120 Å². The molecule has 0 aliphatic carbocycles. The Bertz CT molecular complexity index is 2210. The van der Waals surface area contributed by atoms with Gasteiger partial charge in [-0.15, -0.1) is 0 Å². The molecule has 0 radical (unpaired) electrons. The Kier molecular flexibility index (Phi) is 13.6. The monoisotopic (exact) mass is 871 g/mol. The third kappa shape index (κ3) is 9.27. The van der Waals surface area contributed by atoms with Crippen molar-refractivity contribution >= 4 is 21.4 Å². The van der Waals surface area contributed by atoms with E-state index in [1.54, 1.807) is 29.2 Å². The van der Waals surface area contributed by atoms with Crippen LogP contribution < -0.4 is 4.90 Å². The topological polar surface area (TPSA) is 244 Å². The Labute approximate surface area is 349 Å². The number of carbonyl (C=O) groups excluding carboxylic acids is 1. The van der Waals surface area contributed by atoms with Crippen molar-refractivity contribution < 1.29 is 77.1 Å². The lowest BCUT2D eigenvalue weighted by molar-refractivity contribution is -0.341. The number of aliphatic hydroxyl groups excluding tert-OH is 8. The summed E-state index contributed by atoms with van der Waals surface area (Å²) in [5.41, 5.74) is 3.14. The highest BCUT2D eigenvalue weighted by Gasteiger charge is 2.51. The summed E-state index contributed by atoms with van der Waals surface area (Å²) in [6, 6.07) is 23.8. The zero-order valence-corrected chi connectivity index (χ0v) is 33.2. The van der Waals surface area contributed by atoms with Crippen molar-refractivity contribution in [1.29, 1.82) is 0 Å². The molecule has 18 heteroatoms. The van der Waals surface area contributed by atoms with Crippen molar-refractivity contribution in [2.75, 3.05) is 23.9 Å². The van der Waals surface area contributed by atoms with Crippen molar-refractivity contribution in [1.82, 2.24) is 0 Å². The van der Waals surface area contributed by atoms with Crippen molar-refractivity contribution in [3.63, 3.8) is 0 Å². The molecule has 61 heavy (non-hydrogen) atoms. The van der Waals surface area contributed by atoms with Gasteiger partial charge in [0, 0.05) is 5.69 Å². The summed E-state index contributed by atoms with van der Waals surface area (Å²) in [7, 11) is -4.18. The molecule has 3 aliphatic rings. The van der Waals surface area contributed by atoms with Gasteiger partial charge in [-0.25, -0.2) is 17.2 Å². The number of hydrogen-bond acceptors (Lipinski definition) is 14. The van der Waals surface area contributed by atoms with E-state index in [1.165, 1.54) is 60.7 Å². The first-order chi connectivity index (χ1) is 29.1. The minimum absolute atomic E-state index is 0.132. The van der Waals surface area contributed by atoms with Gasteiger partial charge in [0.15, 0.2) is 16.1 Å². The van der Waals surface area contributed by atoms with E-state index in [-0.39, 0.29) is 17.2 Å². The van der Waals surface area contributed by atoms with Crippen molar-refractivity contribution in [3.8, 4) is 11.1 Å². The highest BCUT2D eigenvalue weighted by molar-refractivity contribution is 7.91. The van der Waals surface area contributed by atoms with Gasteiger partial charge in [0.2, 0.25) is 5.91 Å². The van der Waals surface area contributed by atoms with Gasteiger partial charge in [-0.05, 0) is 83.6 Å². The smallest absolute Gasteiger partial charge is 0.233 e. The maximum Gasteiger partial charge on any atom is 0.233 e. The molecule has 3 fully saturated rings. The van der Waals surface area contributed by atoms with E-state index in [1.807, 2.05) is 12.1 Å². The summed E-state index contributed by atoms with van der Waals surface area (Å²) >= 11 is 0. The molecule has 4 aromatic rings. The van der Waals surface area contributed by atoms with E-state index in [9.17, 15) is 62.8 Å². The van der Waals surface area contributed by atoms with Crippen LogP contribution in [0.2, 0.25) is 0 Å². The predicted octanol–water partition coefficient (Wildman–Crippen LogP) is 1.29. The Morgan fingerprint density at radius 2 is 1.23 bits per heavy atom. The molecule has 3 heterocycles. The van der Waals surface area contributed by atoms with Gasteiger partial charge in [-0.1, -0.05) is 48.5 Å². The second-order valence-electron chi connectivity index (χ2n) is 15.5. The lowest BCUT2D eigenvalue weighted by atomic mass is 9.78. The molecule has 0 bridgehead atoms. The molecule has 0 spiro atoms. The Morgan fingerprint density at radius 3 is 1.82 bits per heavy atom. The first-order valence-corrected chi connectivity index (χ1v) is 21.3. The molecule has 8 N–H and O–H groups in total. The molecule has 3 aliphatic heterocycles. The average Bonchev–Trinajstić information content (AvgIpc) is 3.26. The maximum atomic E-state index is 13.8. The Balaban J connectivity index is 1.02. The SMILES string of the molecule is O=C1[C@H](CCC(O)c2ccc(F)cc2)C(c2ccc(-c3ccc(S(=O)(=O)CC4OC(CO)C(OC5OC(CO)C(O)C(O)C5O)C(O)C4O)cc3)cc2)N1c1ccc(F)cc1. The van der Waals surface area contributed by atoms with E-state index in [2.05, 4.69) is 0 Å². The molecule has 0 saturated carbocycles. The number of rotatable bonds is 14. The van der Waals surface area contributed by atoms with Crippen LogP contribution in [0.15, 0.2) is 102 Å². The Hall–Kier alpha value is -4.28. The number of nitrogens with zero attached hydrogens (tertiary/aromatic N) is 1. The van der Waals surface area contributed by atoms with Gasteiger partial charge in [0.1, 0.15) is 66.6 Å². The second-order valence-corrected chi connectivity index (χ2v) is 17.5. The minimum atomic E-state index is -4.18. The molecular formula is C43H47F2NO14S. The van der Waals surface area contributed by atoms with Crippen molar-refractivity contribution in [2.24, 2.45) is 5.92 Å². The number of aliphatic hydroxyl groups is 8. The van der Waals surface area contributed by atoms with E-state index >= 15 is 0 Å². The Morgan fingerprint density at radius 1 is 0.672 bits per heavy atom. The number of amides is 1. The summed E-state index contributed by atoms with van der Waals surface area (Å²) < 4.78 is 70.9. The van der Waals surface area contributed by atoms with E-state index in [0.29, 0.717) is 28.8 Å². The number of β-lactam (4-membered cyclic amide) rings is 1. The van der Waals surface area contributed by atoms with Gasteiger partial charge in [0.25, 0.3) is 0 Å². The number of benzene rings is 4. The van der Waals surface area contributed by atoms with Gasteiger partial charge in [-0.3, -0.25) is 4.79 Å². The molecule has 1 amide bonds. The summed E-state index contributed by atoms with van der Waals surface area (Å²) in [6.07, 6.45) is -17.1. The quantitative estimate of drug-likeness (QED) is 0.0834. The van der Waals surface area contributed by atoms with Crippen LogP contribution in [0, 0.1) is 17.6 Å². The van der Waals surface area contributed by atoms with Gasteiger partial charge >= 0.3 is 0 Å². The number of carbonyl (C=O) groups is 1. The molecule has 7 rings (SSSR count). The lowest BCUT2D eigenvalue weighted by Gasteiger charge is -2.48. The first-order valence-electron chi connectivity index (χ1n) is 19.7. The van der Waals surface area contributed by atoms with Crippen molar-refractivity contribution in [3.05, 3.63) is 120 Å². The molecule has 3 saturated heterocycles. The number of anilines is 1. The second kappa shape index (κ2) is 18.6. The number of sulfone groups is 1. The van der Waals surface area contributed by atoms with Crippen LogP contribution in [-0.4, -0.2) is 135 Å². The van der Waals surface area contributed by atoms with Crippen LogP contribution in [0.4, 0.5) is 14.5 Å². The predicted molar refractivity (Wildman–Crippen MR) is 211 cm³/mol. The van der Waals surface area contributed by atoms with Gasteiger partial charge < -0.3 is 60.0 Å². The zero-order valence-electron chi connectivity index (χ0n) is 32.4. The highest BCUT2D eigenvalue weighted by Crippen LogP contribution is 2.46. The first kappa shape index (κ1) is 44.8. The van der Waals surface area contributed by atoms with E-state index in [0.717, 1.165) is 5.56 Å². The molecule has 328 valence electrons. The molecular weight excluding hydrogens is 825 g/mol. The van der Waals surface area contributed by atoms with Crippen molar-refractivity contribution in [2.45, 2.75) is 91.1 Å². The third-order valence-corrected chi connectivity index (χ3v) is 13.4. The van der Waals surface area contributed by atoms with Crippen LogP contribution in [0.25, 0.3) is 11.1 Å². The summed E-state index contributed by atoms with van der Waals surface area (Å²) in [5, 5.41) is 82.7. The number of hydrogen-bond donors (Lipinski definition) is 8. The fourth-order valence-corrected chi connectivity index (χ4v) is 9.59. The largest absolute Gasteiger partial charge is 0.394 e. The normalized spacial score (nSPS) is 31.1. The van der Waals surface area contributed by atoms with Gasteiger partial charge in [-0.2, -0.15) is 0 Å². The zero-order chi connectivity index (χ0) is 43.7. The van der Waals surface area contributed by atoms with Crippen LogP contribution in [-0.2, 0) is 28.8 Å². The van der Waals surface area contributed by atoms with Crippen LogP contribution in [0.3, 0.4) is 0 Å². The third-order valence-electron chi connectivity index (χ3n) is 11.6. The fourth-order valence-electron chi connectivity index (χ4n) is 8.13. The number of ether oxygens (including phenoxy) is 3. The van der Waals surface area contributed by atoms with Crippen LogP contribution >= 0.6 is 0 Å². The lowest BCUT2D eigenvalue weighted by Crippen LogP contribution is -2.65. The van der Waals surface area contributed by atoms with Crippen LogP contribution in [0.5, 0.6) is 0 Å². The van der Waals surface area contributed by atoms with Crippen LogP contribution in [0.1, 0.15) is 36.1 Å². The average molecular weight is 872 g/mol. The van der Waals surface area contributed by atoms with Gasteiger partial charge in [0.05, 0.1) is 41.9 Å². The molecule has 4 aromatic carbocycles. The maximum absolute atomic E-state index is 13.8. The summed E-state index contributed by atoms with van der Waals surface area (Å²) in [5.74, 6) is -2.41. The standard InChI is InChI=1S/C43H47F2NO14S/c44-26-9-5-24(6-10-26)31(49)18-17-30-35(46(42(30)55)28-13-11-27(45)12-14-28)25-3-1-22(2-4-25)23-7-15-29(16-8-23)61(56,57)21-34-37(51)39(53)41(33(20-48)58-34)60-43-40(54)38(52)36(50)32(19-47)59-43/h1-16,30-41,43,47-54H,17-21H2/t30-,31?,32?,33?,34?,35?,36?,37?,38?,39?,40?,41?,43?/m1/s1. The molecule has 12 unspecified atom stereocenters. The van der Waals surface area contributed by atoms with E-state index in [4.69, 9.17) is 14.2 Å².